The van der Waals surface area contributed by atoms with Gasteiger partial charge in [0.2, 0.25) is 5.91 Å². The topological polar surface area (TPSA) is 58.4 Å². The fourth-order valence-corrected chi connectivity index (χ4v) is 2.86. The van der Waals surface area contributed by atoms with Crippen molar-refractivity contribution in [3.63, 3.8) is 0 Å². The smallest absolute Gasteiger partial charge is 0.240 e. The average molecular weight is 225 g/mol. The Morgan fingerprint density at radius 3 is 2.69 bits per heavy atom. The molecule has 0 bridgehead atoms. The third-order valence-corrected chi connectivity index (χ3v) is 4.12. The first-order chi connectivity index (χ1) is 7.62. The number of carbonyl (C=O) groups excluding carboxylic acids is 1. The van der Waals surface area contributed by atoms with Crippen molar-refractivity contribution in [3.05, 3.63) is 0 Å². The summed E-state index contributed by atoms with van der Waals surface area (Å²) in [5.74, 6) is 0.0605. The highest BCUT2D eigenvalue weighted by Gasteiger charge is 2.37. The summed E-state index contributed by atoms with van der Waals surface area (Å²) < 4.78 is 0. The van der Waals surface area contributed by atoms with E-state index in [9.17, 15) is 4.79 Å². The van der Waals surface area contributed by atoms with Crippen LogP contribution >= 0.6 is 0 Å². The Bertz CT molecular complexity index is 261. The molecule has 2 fully saturated rings. The van der Waals surface area contributed by atoms with Crippen LogP contribution in [0.2, 0.25) is 0 Å². The Kier molecular flexibility index (Phi) is 3.50. The molecule has 2 aliphatic rings. The molecule has 1 aliphatic heterocycles. The van der Waals surface area contributed by atoms with Crippen molar-refractivity contribution in [2.45, 2.75) is 50.1 Å². The fraction of sp³-hybridized carbons (Fsp3) is 0.917. The minimum atomic E-state index is -0.572. The Hall–Kier alpha value is -0.610. The lowest BCUT2D eigenvalue weighted by molar-refractivity contribution is -0.126. The number of hydrogen-bond acceptors (Lipinski definition) is 3. The maximum atomic E-state index is 12.0. The number of likely N-dealkylation sites (tertiary alicyclic amines) is 1. The minimum Gasteiger partial charge on any atom is -0.353 e. The molecular formula is C12H23N3O. The van der Waals surface area contributed by atoms with Gasteiger partial charge in [-0.25, -0.2) is 0 Å². The third-order valence-electron chi connectivity index (χ3n) is 4.12. The van der Waals surface area contributed by atoms with E-state index < -0.39 is 5.54 Å². The second-order valence-electron chi connectivity index (χ2n) is 5.35. The van der Waals surface area contributed by atoms with Crippen molar-refractivity contribution in [2.75, 3.05) is 20.1 Å². The first-order valence-corrected chi connectivity index (χ1v) is 6.39. The average Bonchev–Trinajstić information content (AvgIpc) is 2.85. The van der Waals surface area contributed by atoms with Crippen LogP contribution in [0.4, 0.5) is 0 Å². The SMILES string of the molecule is CN1CCCC1CNC(=O)C1(N)CCCC1. The second-order valence-corrected chi connectivity index (χ2v) is 5.35. The maximum Gasteiger partial charge on any atom is 0.240 e. The quantitative estimate of drug-likeness (QED) is 0.734. The van der Waals surface area contributed by atoms with Gasteiger partial charge in [-0.3, -0.25) is 4.79 Å². The van der Waals surface area contributed by atoms with Crippen LogP contribution in [0.1, 0.15) is 38.5 Å². The molecule has 4 nitrogen and oxygen atoms in total. The van der Waals surface area contributed by atoms with E-state index in [2.05, 4.69) is 17.3 Å². The van der Waals surface area contributed by atoms with Gasteiger partial charge in [0, 0.05) is 12.6 Å². The van der Waals surface area contributed by atoms with E-state index in [-0.39, 0.29) is 5.91 Å². The first kappa shape index (κ1) is 11.9. The van der Waals surface area contributed by atoms with Crippen LogP contribution < -0.4 is 11.1 Å². The van der Waals surface area contributed by atoms with Gasteiger partial charge in [0.05, 0.1) is 5.54 Å². The first-order valence-electron chi connectivity index (χ1n) is 6.39. The number of likely N-dealkylation sites (N-methyl/N-ethyl adjacent to an activating group) is 1. The number of carbonyl (C=O) groups is 1. The van der Waals surface area contributed by atoms with E-state index in [1.165, 1.54) is 12.8 Å². The van der Waals surface area contributed by atoms with E-state index in [1.54, 1.807) is 0 Å². The molecule has 2 rings (SSSR count). The van der Waals surface area contributed by atoms with Gasteiger partial charge in [-0.15, -0.1) is 0 Å². The van der Waals surface area contributed by atoms with Gasteiger partial charge < -0.3 is 16.0 Å². The summed E-state index contributed by atoms with van der Waals surface area (Å²) >= 11 is 0. The molecule has 3 N–H and O–H groups in total. The molecule has 4 heteroatoms. The lowest BCUT2D eigenvalue weighted by Crippen LogP contribution is -2.53. The number of nitrogens with one attached hydrogen (secondary N) is 1. The van der Waals surface area contributed by atoms with Gasteiger partial charge >= 0.3 is 0 Å². The standard InChI is InChI=1S/C12H23N3O/c1-15-8-4-5-10(15)9-14-11(16)12(13)6-2-3-7-12/h10H,2-9,13H2,1H3,(H,14,16). The largest absolute Gasteiger partial charge is 0.353 e. The van der Waals surface area contributed by atoms with Crippen LogP contribution in [0.3, 0.4) is 0 Å². The number of rotatable bonds is 3. The van der Waals surface area contributed by atoms with Crippen molar-refractivity contribution in [1.82, 2.24) is 10.2 Å². The van der Waals surface area contributed by atoms with Crippen LogP contribution in [0, 0.1) is 0 Å². The summed E-state index contributed by atoms with van der Waals surface area (Å²) in [6.07, 6.45) is 6.30. The van der Waals surface area contributed by atoms with Crippen molar-refractivity contribution in [3.8, 4) is 0 Å². The predicted molar refractivity (Wildman–Crippen MR) is 64.0 cm³/mol. The Morgan fingerprint density at radius 2 is 2.12 bits per heavy atom. The molecular weight excluding hydrogens is 202 g/mol. The van der Waals surface area contributed by atoms with Crippen LogP contribution in [-0.2, 0) is 4.79 Å². The maximum absolute atomic E-state index is 12.0. The van der Waals surface area contributed by atoms with Crippen LogP contribution in [0.5, 0.6) is 0 Å². The van der Waals surface area contributed by atoms with Gasteiger partial charge in [0.1, 0.15) is 0 Å². The summed E-state index contributed by atoms with van der Waals surface area (Å²) in [6.45, 7) is 1.91. The second kappa shape index (κ2) is 4.72. The van der Waals surface area contributed by atoms with Crippen molar-refractivity contribution in [2.24, 2.45) is 5.73 Å². The van der Waals surface area contributed by atoms with Gasteiger partial charge in [0.25, 0.3) is 0 Å². The molecule has 1 saturated carbocycles. The lowest BCUT2D eigenvalue weighted by atomic mass is 9.98. The molecule has 0 aromatic rings. The molecule has 1 amide bonds. The van der Waals surface area contributed by atoms with E-state index in [1.807, 2.05) is 0 Å². The third kappa shape index (κ3) is 2.38. The molecule has 0 spiro atoms. The van der Waals surface area contributed by atoms with E-state index in [4.69, 9.17) is 5.73 Å². The van der Waals surface area contributed by atoms with Gasteiger partial charge in [-0.05, 0) is 39.3 Å². The van der Waals surface area contributed by atoms with Crippen molar-refractivity contribution >= 4 is 5.91 Å². The van der Waals surface area contributed by atoms with Gasteiger partial charge in [0.15, 0.2) is 0 Å². The highest BCUT2D eigenvalue weighted by Crippen LogP contribution is 2.27. The normalized spacial score (nSPS) is 29.5. The van der Waals surface area contributed by atoms with Crippen molar-refractivity contribution < 1.29 is 4.79 Å². The summed E-state index contributed by atoms with van der Waals surface area (Å²) in [7, 11) is 2.12. The van der Waals surface area contributed by atoms with Crippen LogP contribution in [0.25, 0.3) is 0 Å². The number of hydrogen-bond donors (Lipinski definition) is 2. The number of amides is 1. The number of nitrogens with two attached hydrogens (primary N) is 1. The van der Waals surface area contributed by atoms with E-state index >= 15 is 0 Å². The molecule has 1 atom stereocenters. The monoisotopic (exact) mass is 225 g/mol. The Labute approximate surface area is 97.6 Å². The van der Waals surface area contributed by atoms with Crippen LogP contribution in [0.15, 0.2) is 0 Å². The summed E-state index contributed by atoms with van der Waals surface area (Å²) in [5, 5.41) is 3.03. The zero-order valence-corrected chi connectivity index (χ0v) is 10.2. The lowest BCUT2D eigenvalue weighted by Gasteiger charge is -2.25. The Morgan fingerprint density at radius 1 is 1.44 bits per heavy atom. The summed E-state index contributed by atoms with van der Waals surface area (Å²) in [5.41, 5.74) is 5.52. The molecule has 16 heavy (non-hydrogen) atoms. The molecule has 1 aliphatic carbocycles. The molecule has 1 heterocycles. The number of nitrogens with zero attached hydrogens (tertiary/aromatic N) is 1. The molecule has 0 aromatic carbocycles. The zero-order valence-electron chi connectivity index (χ0n) is 10.2. The van der Waals surface area contributed by atoms with Gasteiger partial charge in [-0.1, -0.05) is 12.8 Å². The molecule has 1 unspecified atom stereocenters. The van der Waals surface area contributed by atoms with E-state index in [0.717, 1.165) is 38.8 Å². The van der Waals surface area contributed by atoms with Crippen LogP contribution in [-0.4, -0.2) is 42.5 Å². The molecule has 0 aromatic heterocycles. The fourth-order valence-electron chi connectivity index (χ4n) is 2.86. The van der Waals surface area contributed by atoms with E-state index in [0.29, 0.717) is 6.04 Å². The highest BCUT2D eigenvalue weighted by molar-refractivity contribution is 5.86. The summed E-state index contributed by atoms with van der Waals surface area (Å²) in [6, 6.07) is 0.508. The predicted octanol–water partition coefficient (Wildman–Crippen LogP) is 0.468. The molecule has 1 saturated heterocycles. The Balaban J connectivity index is 1.79. The zero-order chi connectivity index (χ0) is 11.6. The molecule has 0 radical (unpaired) electrons. The highest BCUT2D eigenvalue weighted by atomic mass is 16.2. The minimum absolute atomic E-state index is 0.0605. The van der Waals surface area contributed by atoms with Crippen molar-refractivity contribution in [1.29, 1.82) is 0 Å². The molecule has 92 valence electrons. The summed E-state index contributed by atoms with van der Waals surface area (Å²) in [4.78, 5) is 14.3. The van der Waals surface area contributed by atoms with Gasteiger partial charge in [-0.2, -0.15) is 0 Å².